The second-order valence-electron chi connectivity index (χ2n) is 3.75. The number of benzene rings is 1. The third-order valence-corrected chi connectivity index (χ3v) is 2.46. The molecule has 0 saturated heterocycles. The van der Waals surface area contributed by atoms with Gasteiger partial charge in [-0.05, 0) is 19.1 Å². The quantitative estimate of drug-likeness (QED) is 0.754. The topological polar surface area (TPSA) is 99.8 Å². The van der Waals surface area contributed by atoms with Crippen molar-refractivity contribution < 1.29 is 4.79 Å². The number of carbonyl (C=O) groups is 1. The molecule has 17 heavy (non-hydrogen) atoms. The van der Waals surface area contributed by atoms with E-state index in [4.69, 9.17) is 11.5 Å². The number of carbonyl (C=O) groups excluding carboxylic acids is 1. The van der Waals surface area contributed by atoms with Gasteiger partial charge >= 0.3 is 0 Å². The lowest BCUT2D eigenvalue weighted by atomic mass is 10.2. The average Bonchev–Trinajstić information content (AvgIpc) is 2.77. The van der Waals surface area contributed by atoms with Gasteiger partial charge in [0, 0.05) is 11.3 Å². The number of rotatable bonds is 3. The molecule has 4 N–H and O–H groups in total. The molecule has 88 valence electrons. The molecule has 0 aliphatic rings. The number of aromatic nitrogens is 3. The van der Waals surface area contributed by atoms with Crippen LogP contribution in [0.5, 0.6) is 0 Å². The third kappa shape index (κ3) is 2.25. The van der Waals surface area contributed by atoms with Crippen molar-refractivity contribution in [1.29, 1.82) is 0 Å². The van der Waals surface area contributed by atoms with E-state index in [1.54, 1.807) is 19.1 Å². The van der Waals surface area contributed by atoms with Crippen molar-refractivity contribution in [2.75, 3.05) is 5.73 Å². The maximum Gasteiger partial charge on any atom is 0.242 e. The standard InChI is InChI=1S/C11H13N5O/c1-7(10(13)17)16-6-14-11(15-16)8-3-2-4-9(12)5-8/h2-7H,12H2,1H3,(H2,13,17). The van der Waals surface area contributed by atoms with Crippen LogP contribution in [-0.4, -0.2) is 20.7 Å². The fourth-order valence-electron chi connectivity index (χ4n) is 1.40. The van der Waals surface area contributed by atoms with Crippen molar-refractivity contribution in [3.8, 4) is 11.4 Å². The van der Waals surface area contributed by atoms with Crippen molar-refractivity contribution in [2.45, 2.75) is 13.0 Å². The summed E-state index contributed by atoms with van der Waals surface area (Å²) in [5, 5.41) is 4.19. The lowest BCUT2D eigenvalue weighted by Crippen LogP contribution is -2.24. The molecule has 0 spiro atoms. The van der Waals surface area contributed by atoms with Crippen LogP contribution in [0.2, 0.25) is 0 Å². The Morgan fingerprint density at radius 2 is 2.24 bits per heavy atom. The number of hydrogen-bond acceptors (Lipinski definition) is 4. The zero-order valence-corrected chi connectivity index (χ0v) is 9.37. The van der Waals surface area contributed by atoms with Gasteiger partial charge in [-0.25, -0.2) is 9.67 Å². The van der Waals surface area contributed by atoms with E-state index < -0.39 is 11.9 Å². The SMILES string of the molecule is CC(C(N)=O)n1cnc(-c2cccc(N)c2)n1. The first kappa shape index (κ1) is 11.1. The summed E-state index contributed by atoms with van der Waals surface area (Å²) >= 11 is 0. The minimum absolute atomic E-state index is 0.450. The summed E-state index contributed by atoms with van der Waals surface area (Å²) in [5.74, 6) is 0.0689. The predicted molar refractivity (Wildman–Crippen MR) is 63.8 cm³/mol. The molecule has 1 atom stereocenters. The van der Waals surface area contributed by atoms with Crippen molar-refractivity contribution in [1.82, 2.24) is 14.8 Å². The normalized spacial score (nSPS) is 12.3. The second kappa shape index (κ2) is 4.25. The van der Waals surface area contributed by atoms with Gasteiger partial charge in [0.15, 0.2) is 5.82 Å². The molecule has 0 saturated carbocycles. The Morgan fingerprint density at radius 3 is 2.88 bits per heavy atom. The average molecular weight is 231 g/mol. The van der Waals surface area contributed by atoms with Crippen molar-refractivity contribution >= 4 is 11.6 Å². The van der Waals surface area contributed by atoms with Crippen LogP contribution in [0.25, 0.3) is 11.4 Å². The van der Waals surface area contributed by atoms with E-state index in [9.17, 15) is 4.79 Å². The van der Waals surface area contributed by atoms with E-state index in [0.717, 1.165) is 5.56 Å². The van der Waals surface area contributed by atoms with Gasteiger partial charge in [-0.15, -0.1) is 0 Å². The van der Waals surface area contributed by atoms with Gasteiger partial charge in [-0.1, -0.05) is 12.1 Å². The van der Waals surface area contributed by atoms with Gasteiger partial charge in [0.1, 0.15) is 12.4 Å². The second-order valence-corrected chi connectivity index (χ2v) is 3.75. The summed E-state index contributed by atoms with van der Waals surface area (Å²) in [4.78, 5) is 15.1. The molecule has 0 radical (unpaired) electrons. The van der Waals surface area contributed by atoms with Gasteiger partial charge < -0.3 is 11.5 Å². The smallest absolute Gasteiger partial charge is 0.242 e. The monoisotopic (exact) mass is 231 g/mol. The van der Waals surface area contributed by atoms with E-state index in [1.807, 2.05) is 12.1 Å². The molecule has 1 unspecified atom stereocenters. The summed E-state index contributed by atoms with van der Waals surface area (Å²) in [7, 11) is 0. The van der Waals surface area contributed by atoms with E-state index >= 15 is 0 Å². The Balaban J connectivity index is 2.33. The minimum atomic E-state index is -0.516. The van der Waals surface area contributed by atoms with Crippen LogP contribution in [0.1, 0.15) is 13.0 Å². The van der Waals surface area contributed by atoms with Crippen LogP contribution in [0.3, 0.4) is 0 Å². The van der Waals surface area contributed by atoms with Crippen LogP contribution in [-0.2, 0) is 4.79 Å². The molecule has 1 aromatic carbocycles. The highest BCUT2D eigenvalue weighted by atomic mass is 16.1. The number of nitrogens with two attached hydrogens (primary N) is 2. The summed E-state index contributed by atoms with van der Waals surface area (Å²) in [6, 6.07) is 6.71. The van der Waals surface area contributed by atoms with Crippen molar-refractivity contribution in [3.63, 3.8) is 0 Å². The Morgan fingerprint density at radius 1 is 1.47 bits per heavy atom. The fourth-order valence-corrected chi connectivity index (χ4v) is 1.40. The molecule has 0 bridgehead atoms. The van der Waals surface area contributed by atoms with Gasteiger partial charge in [0.2, 0.25) is 5.91 Å². The predicted octanol–water partition coefficient (Wildman–Crippen LogP) is 0.574. The van der Waals surface area contributed by atoms with E-state index in [-0.39, 0.29) is 0 Å². The van der Waals surface area contributed by atoms with Gasteiger partial charge in [0.25, 0.3) is 0 Å². The Labute approximate surface area is 98.3 Å². The number of anilines is 1. The lowest BCUT2D eigenvalue weighted by Gasteiger charge is -2.05. The Hall–Kier alpha value is -2.37. The molecule has 0 fully saturated rings. The van der Waals surface area contributed by atoms with Crippen molar-refractivity contribution in [2.24, 2.45) is 5.73 Å². The van der Waals surface area contributed by atoms with Gasteiger partial charge in [0.05, 0.1) is 0 Å². The zero-order valence-electron chi connectivity index (χ0n) is 9.37. The molecule has 6 heteroatoms. The van der Waals surface area contributed by atoms with Crippen LogP contribution in [0.15, 0.2) is 30.6 Å². The molecule has 0 aliphatic carbocycles. The third-order valence-electron chi connectivity index (χ3n) is 2.46. The Kier molecular flexibility index (Phi) is 2.78. The molecule has 1 aromatic heterocycles. The highest BCUT2D eigenvalue weighted by Crippen LogP contribution is 2.17. The van der Waals surface area contributed by atoms with E-state index in [2.05, 4.69) is 10.1 Å². The number of nitrogens with zero attached hydrogens (tertiary/aromatic N) is 3. The number of hydrogen-bond donors (Lipinski definition) is 2. The molecular weight excluding hydrogens is 218 g/mol. The number of nitrogen functional groups attached to an aromatic ring is 1. The Bertz CT molecular complexity index is 548. The number of primary amides is 1. The van der Waals surface area contributed by atoms with Crippen LogP contribution < -0.4 is 11.5 Å². The first-order valence-corrected chi connectivity index (χ1v) is 5.14. The first-order chi connectivity index (χ1) is 8.08. The molecule has 0 aliphatic heterocycles. The van der Waals surface area contributed by atoms with Crippen molar-refractivity contribution in [3.05, 3.63) is 30.6 Å². The molecule has 2 rings (SSSR count). The maximum atomic E-state index is 11.0. The van der Waals surface area contributed by atoms with E-state index in [1.165, 1.54) is 11.0 Å². The minimum Gasteiger partial charge on any atom is -0.399 e. The summed E-state index contributed by atoms with van der Waals surface area (Å²) in [6.45, 7) is 1.67. The number of amides is 1. The largest absolute Gasteiger partial charge is 0.399 e. The molecule has 6 nitrogen and oxygen atoms in total. The molecule has 1 amide bonds. The first-order valence-electron chi connectivity index (χ1n) is 5.14. The van der Waals surface area contributed by atoms with E-state index in [0.29, 0.717) is 11.5 Å². The molecular formula is C11H13N5O. The maximum absolute atomic E-state index is 11.0. The van der Waals surface area contributed by atoms with Crippen LogP contribution >= 0.6 is 0 Å². The lowest BCUT2D eigenvalue weighted by molar-refractivity contribution is -0.120. The van der Waals surface area contributed by atoms with Gasteiger partial charge in [-0.3, -0.25) is 4.79 Å². The summed E-state index contributed by atoms with van der Waals surface area (Å²) in [6.07, 6.45) is 1.48. The summed E-state index contributed by atoms with van der Waals surface area (Å²) < 4.78 is 1.43. The fraction of sp³-hybridized carbons (Fsp3) is 0.182. The highest BCUT2D eigenvalue weighted by molar-refractivity contribution is 5.77. The zero-order chi connectivity index (χ0) is 12.4. The molecule has 2 aromatic rings. The van der Waals surface area contributed by atoms with Crippen LogP contribution in [0, 0.1) is 0 Å². The molecule has 1 heterocycles. The highest BCUT2D eigenvalue weighted by Gasteiger charge is 2.13. The summed E-state index contributed by atoms with van der Waals surface area (Å²) in [5.41, 5.74) is 12.3. The van der Waals surface area contributed by atoms with Crippen LogP contribution in [0.4, 0.5) is 5.69 Å². The van der Waals surface area contributed by atoms with Gasteiger partial charge in [-0.2, -0.15) is 5.10 Å².